The zero-order valence-electron chi connectivity index (χ0n) is 9.00. The summed E-state index contributed by atoms with van der Waals surface area (Å²) in [5.41, 5.74) is -0.745. The molecule has 5 nitrogen and oxygen atoms in total. The van der Waals surface area contributed by atoms with Crippen molar-refractivity contribution in [1.29, 1.82) is 0 Å². The number of aromatic amines is 1. The van der Waals surface area contributed by atoms with Gasteiger partial charge in [-0.1, -0.05) is 0 Å². The minimum atomic E-state index is -4.48. The van der Waals surface area contributed by atoms with Gasteiger partial charge in [0.2, 0.25) is 0 Å². The molecule has 2 N–H and O–H groups in total. The molecule has 18 heavy (non-hydrogen) atoms. The van der Waals surface area contributed by atoms with Crippen molar-refractivity contribution in [2.24, 2.45) is 0 Å². The highest BCUT2D eigenvalue weighted by Crippen LogP contribution is 2.31. The first kappa shape index (κ1) is 12.6. The van der Waals surface area contributed by atoms with Crippen LogP contribution in [-0.4, -0.2) is 28.1 Å². The number of carbonyl (C=O) groups is 1. The number of amides is 1. The van der Waals surface area contributed by atoms with E-state index in [1.165, 1.54) is 12.4 Å². The number of H-pyrrole nitrogens is 1. The molecule has 0 radical (unpaired) electrons. The van der Waals surface area contributed by atoms with E-state index < -0.39 is 17.8 Å². The van der Waals surface area contributed by atoms with E-state index in [1.54, 1.807) is 0 Å². The molecule has 2 aromatic heterocycles. The van der Waals surface area contributed by atoms with Gasteiger partial charge in [0.15, 0.2) is 0 Å². The van der Waals surface area contributed by atoms with Crippen LogP contribution in [0.4, 0.5) is 13.2 Å². The van der Waals surface area contributed by atoms with Crippen LogP contribution in [0.1, 0.15) is 16.2 Å². The van der Waals surface area contributed by atoms with Crippen LogP contribution in [0.5, 0.6) is 0 Å². The van der Waals surface area contributed by atoms with E-state index in [0.29, 0.717) is 0 Å². The van der Waals surface area contributed by atoms with Gasteiger partial charge in [-0.2, -0.15) is 18.3 Å². The van der Waals surface area contributed by atoms with Crippen LogP contribution < -0.4 is 5.32 Å². The summed E-state index contributed by atoms with van der Waals surface area (Å²) < 4.78 is 37.1. The molecule has 2 rings (SSSR count). The number of halogens is 3. The molecule has 0 fully saturated rings. The summed E-state index contributed by atoms with van der Waals surface area (Å²) in [6, 6.07) is 0.854. The van der Waals surface area contributed by atoms with Gasteiger partial charge in [-0.3, -0.25) is 9.89 Å². The molecule has 0 spiro atoms. The van der Waals surface area contributed by atoms with Crippen molar-refractivity contribution in [2.45, 2.75) is 6.18 Å². The molecule has 96 valence electrons. The van der Waals surface area contributed by atoms with Crippen LogP contribution in [0.15, 0.2) is 11.4 Å². The highest BCUT2D eigenvalue weighted by Gasteiger charge is 2.33. The Morgan fingerprint density at radius 1 is 1.50 bits per heavy atom. The fourth-order valence-corrected chi connectivity index (χ4v) is 1.96. The van der Waals surface area contributed by atoms with Crippen molar-refractivity contribution in [3.8, 4) is 10.7 Å². The molecule has 0 unspecified atom stereocenters. The molecular formula is C9H7F3N4OS. The highest BCUT2D eigenvalue weighted by atomic mass is 32.1. The average Bonchev–Trinajstić information content (AvgIpc) is 2.94. The minimum absolute atomic E-state index is 0.0579. The molecule has 0 aliphatic rings. The van der Waals surface area contributed by atoms with Gasteiger partial charge in [0.25, 0.3) is 5.91 Å². The Balaban J connectivity index is 2.30. The van der Waals surface area contributed by atoms with Crippen LogP contribution in [0.3, 0.4) is 0 Å². The maximum Gasteiger partial charge on any atom is 0.432 e. The van der Waals surface area contributed by atoms with Gasteiger partial charge in [-0.25, -0.2) is 4.98 Å². The van der Waals surface area contributed by atoms with E-state index >= 15 is 0 Å². The summed E-state index contributed by atoms with van der Waals surface area (Å²) in [7, 11) is 1.44. The second-order valence-corrected chi connectivity index (χ2v) is 4.14. The Morgan fingerprint density at radius 2 is 2.22 bits per heavy atom. The first-order valence-electron chi connectivity index (χ1n) is 4.72. The Hall–Kier alpha value is -1.90. The molecule has 0 saturated carbocycles. The number of aromatic nitrogens is 3. The standard InChI is InChI=1S/C9H7F3N4OS/c1-13-7(17)5-3-18-8(14-5)4-2-6(16-15-4)9(10,11)12/h2-3H,1H3,(H,13,17)(H,15,16). The lowest BCUT2D eigenvalue weighted by atomic mass is 10.3. The molecule has 2 heterocycles. The van der Waals surface area contributed by atoms with E-state index in [-0.39, 0.29) is 16.4 Å². The summed E-state index contributed by atoms with van der Waals surface area (Å²) in [4.78, 5) is 15.2. The smallest absolute Gasteiger partial charge is 0.354 e. The highest BCUT2D eigenvalue weighted by molar-refractivity contribution is 7.13. The van der Waals surface area contributed by atoms with Crippen molar-refractivity contribution < 1.29 is 18.0 Å². The summed E-state index contributed by atoms with van der Waals surface area (Å²) in [6.07, 6.45) is -4.48. The summed E-state index contributed by atoms with van der Waals surface area (Å²) >= 11 is 1.05. The molecule has 0 aromatic carbocycles. The summed E-state index contributed by atoms with van der Waals surface area (Å²) in [5.74, 6) is -0.399. The van der Waals surface area contributed by atoms with Crippen LogP contribution in [0.25, 0.3) is 10.7 Å². The van der Waals surface area contributed by atoms with Gasteiger partial charge < -0.3 is 5.32 Å². The number of rotatable bonds is 2. The topological polar surface area (TPSA) is 70.7 Å². The molecule has 1 amide bonds. The molecule has 0 atom stereocenters. The predicted octanol–water partition coefficient (Wildman–Crippen LogP) is 1.91. The third-order valence-corrected chi connectivity index (χ3v) is 2.93. The lowest BCUT2D eigenvalue weighted by molar-refractivity contribution is -0.141. The SMILES string of the molecule is CNC(=O)c1csc(-c2cc(C(F)(F)F)[nH]n2)n1. The predicted molar refractivity (Wildman–Crippen MR) is 58.1 cm³/mol. The maximum absolute atomic E-state index is 12.4. The number of nitrogens with zero attached hydrogens (tertiary/aromatic N) is 2. The fraction of sp³-hybridized carbons (Fsp3) is 0.222. The molecule has 2 aromatic rings. The Kier molecular flexibility index (Phi) is 3.07. The quantitative estimate of drug-likeness (QED) is 0.880. The summed E-state index contributed by atoms with van der Waals surface area (Å²) in [6.45, 7) is 0. The van der Waals surface area contributed by atoms with E-state index in [0.717, 1.165) is 17.4 Å². The largest absolute Gasteiger partial charge is 0.432 e. The first-order chi connectivity index (χ1) is 8.41. The normalized spacial score (nSPS) is 11.6. The fourth-order valence-electron chi connectivity index (χ4n) is 1.20. The third-order valence-electron chi connectivity index (χ3n) is 2.07. The third kappa shape index (κ3) is 2.35. The van der Waals surface area contributed by atoms with Crippen LogP contribution in [-0.2, 0) is 6.18 Å². The van der Waals surface area contributed by atoms with Crippen LogP contribution >= 0.6 is 11.3 Å². The van der Waals surface area contributed by atoms with Crippen molar-refractivity contribution in [3.05, 3.63) is 22.8 Å². The molecule has 0 aliphatic carbocycles. The molecule has 9 heteroatoms. The van der Waals surface area contributed by atoms with Crippen LogP contribution in [0, 0.1) is 0 Å². The molecule has 0 saturated heterocycles. The van der Waals surface area contributed by atoms with Gasteiger partial charge in [0, 0.05) is 12.4 Å². The Bertz CT molecular complexity index is 574. The van der Waals surface area contributed by atoms with E-state index in [9.17, 15) is 18.0 Å². The summed E-state index contributed by atoms with van der Waals surface area (Å²) in [5, 5.41) is 9.49. The number of thiazole rings is 1. The first-order valence-corrected chi connectivity index (χ1v) is 5.60. The molecular weight excluding hydrogens is 269 g/mol. The van der Waals surface area contributed by atoms with Gasteiger partial charge >= 0.3 is 6.18 Å². The monoisotopic (exact) mass is 276 g/mol. The Labute approximate surface area is 103 Å². The van der Waals surface area contributed by atoms with E-state index in [4.69, 9.17) is 0 Å². The zero-order valence-corrected chi connectivity index (χ0v) is 9.82. The van der Waals surface area contributed by atoms with Gasteiger partial charge in [0.05, 0.1) is 0 Å². The van der Waals surface area contributed by atoms with Gasteiger partial charge in [0.1, 0.15) is 22.1 Å². The van der Waals surface area contributed by atoms with E-state index in [1.807, 2.05) is 5.10 Å². The van der Waals surface area contributed by atoms with Crippen molar-refractivity contribution in [2.75, 3.05) is 7.05 Å². The minimum Gasteiger partial charge on any atom is -0.354 e. The number of nitrogens with one attached hydrogen (secondary N) is 2. The second kappa shape index (κ2) is 4.41. The van der Waals surface area contributed by atoms with Crippen molar-refractivity contribution >= 4 is 17.2 Å². The second-order valence-electron chi connectivity index (χ2n) is 3.28. The maximum atomic E-state index is 12.4. The zero-order chi connectivity index (χ0) is 13.3. The van der Waals surface area contributed by atoms with Gasteiger partial charge in [-0.05, 0) is 6.07 Å². The van der Waals surface area contributed by atoms with Crippen molar-refractivity contribution in [3.63, 3.8) is 0 Å². The van der Waals surface area contributed by atoms with Gasteiger partial charge in [-0.15, -0.1) is 11.3 Å². The number of hydrogen-bond donors (Lipinski definition) is 2. The molecule has 0 bridgehead atoms. The van der Waals surface area contributed by atoms with E-state index in [2.05, 4.69) is 15.4 Å². The molecule has 0 aliphatic heterocycles. The Morgan fingerprint density at radius 3 is 2.78 bits per heavy atom. The number of carbonyl (C=O) groups excluding carboxylic acids is 1. The average molecular weight is 276 g/mol. The lowest BCUT2D eigenvalue weighted by Gasteiger charge is -1.99. The number of alkyl halides is 3. The van der Waals surface area contributed by atoms with Crippen molar-refractivity contribution in [1.82, 2.24) is 20.5 Å². The number of hydrogen-bond acceptors (Lipinski definition) is 4. The lowest BCUT2D eigenvalue weighted by Crippen LogP contribution is -2.17. The van der Waals surface area contributed by atoms with Crippen LogP contribution in [0.2, 0.25) is 0 Å².